The maximum atomic E-state index is 13.1. The number of carbonyl (C=O) groups excluding carboxylic acids is 4. The Morgan fingerprint density at radius 2 is 0.500 bits per heavy atom. The molecule has 5 atom stereocenters. The summed E-state index contributed by atoms with van der Waals surface area (Å²) < 4.78 is 68.6. The largest absolute Gasteiger partial charge is 0.472 e. The van der Waals surface area contributed by atoms with Crippen LogP contribution in [0.1, 0.15) is 336 Å². The molecule has 0 bridgehead atoms. The van der Waals surface area contributed by atoms with E-state index in [1.54, 1.807) is 0 Å². The van der Waals surface area contributed by atoms with Gasteiger partial charge < -0.3 is 33.8 Å². The summed E-state index contributed by atoms with van der Waals surface area (Å²) in [6.07, 6.45) is 88.6. The lowest BCUT2D eigenvalue weighted by Crippen LogP contribution is -2.30. The number of unbranched alkanes of at least 4 members (excludes halogenated alkanes) is 29. The molecular formula is C87H148O17P2. The highest BCUT2D eigenvalue weighted by molar-refractivity contribution is 7.47. The van der Waals surface area contributed by atoms with Crippen molar-refractivity contribution in [1.82, 2.24) is 0 Å². The summed E-state index contributed by atoms with van der Waals surface area (Å²) in [5.41, 5.74) is 0. The summed E-state index contributed by atoms with van der Waals surface area (Å²) in [5, 5.41) is 10.6. The van der Waals surface area contributed by atoms with Crippen molar-refractivity contribution in [1.29, 1.82) is 0 Å². The highest BCUT2D eigenvalue weighted by Crippen LogP contribution is 2.45. The van der Waals surface area contributed by atoms with Gasteiger partial charge in [0.25, 0.3) is 0 Å². The van der Waals surface area contributed by atoms with Crippen molar-refractivity contribution in [3.8, 4) is 0 Å². The van der Waals surface area contributed by atoms with Crippen molar-refractivity contribution in [3.63, 3.8) is 0 Å². The van der Waals surface area contributed by atoms with Crippen LogP contribution in [0, 0.1) is 0 Å². The van der Waals surface area contributed by atoms with Gasteiger partial charge in [-0.2, -0.15) is 0 Å². The smallest absolute Gasteiger partial charge is 0.462 e. The van der Waals surface area contributed by atoms with E-state index in [0.29, 0.717) is 32.1 Å². The van der Waals surface area contributed by atoms with Gasteiger partial charge in [-0.1, -0.05) is 303 Å². The molecule has 0 heterocycles. The standard InChI is InChI=1S/C87H148O17P2/c1-5-9-13-17-21-25-29-32-35-38-40-43-45-48-52-55-59-63-67-71-84(89)97-77-82(103-86(91)73-69-65-61-57-51-28-24-20-16-12-8-4)79-101-105(93,94)99-75-81(88)76-100-106(95,96)102-80-83(104-87(92)74-70-66-62-58-54-50-47-42-37-34-31-27-23-19-15-11-7-3)78-98-85(90)72-68-64-60-56-53-49-46-44-41-39-36-33-30-26-22-18-14-10-6-2/h11,15,21-23,25-27,32-37,40-41,43-44,47,50,58,62,81-83,88H,5-10,12-14,16-20,24,28-31,38-39,42,45-46,48-49,51-57,59-61,63-80H2,1-4H3,(H,93,94)(H,95,96)/b15-11-,25-21-,26-22-,27-23-,35-32-,36-33-,37-34-,43-40-,44-41-,50-47-,62-58-. The Kier molecular flexibility index (Phi) is 74.8. The predicted molar refractivity (Wildman–Crippen MR) is 436 cm³/mol. The molecule has 0 saturated heterocycles. The van der Waals surface area contributed by atoms with Gasteiger partial charge in [-0.15, -0.1) is 0 Å². The molecule has 3 N–H and O–H groups in total. The summed E-state index contributed by atoms with van der Waals surface area (Å²) in [4.78, 5) is 73.1. The number of rotatable bonds is 77. The van der Waals surface area contributed by atoms with Crippen LogP contribution in [-0.4, -0.2) is 96.7 Å². The molecule has 0 aromatic rings. The highest BCUT2D eigenvalue weighted by Gasteiger charge is 2.30. The quantitative estimate of drug-likeness (QED) is 0.0169. The van der Waals surface area contributed by atoms with E-state index in [4.69, 9.17) is 37.0 Å². The zero-order valence-electron chi connectivity index (χ0n) is 66.6. The lowest BCUT2D eigenvalue weighted by Gasteiger charge is -2.21. The Hall–Kier alpha value is -4.80. The van der Waals surface area contributed by atoms with E-state index in [1.165, 1.54) is 77.0 Å². The molecule has 0 spiro atoms. The molecule has 0 aromatic heterocycles. The first-order valence-corrected chi connectivity index (χ1v) is 44.4. The number of esters is 4. The number of aliphatic hydroxyl groups is 1. The maximum absolute atomic E-state index is 13.1. The summed E-state index contributed by atoms with van der Waals surface area (Å²) in [5.74, 6) is -2.26. The highest BCUT2D eigenvalue weighted by atomic mass is 31.2. The zero-order valence-corrected chi connectivity index (χ0v) is 68.4. The molecule has 5 unspecified atom stereocenters. The lowest BCUT2D eigenvalue weighted by atomic mass is 10.1. The van der Waals surface area contributed by atoms with Crippen LogP contribution in [0.4, 0.5) is 0 Å². The molecule has 0 aromatic carbocycles. The molecule has 0 fully saturated rings. The van der Waals surface area contributed by atoms with Gasteiger partial charge in [-0.25, -0.2) is 9.13 Å². The van der Waals surface area contributed by atoms with Crippen LogP contribution in [0.2, 0.25) is 0 Å². The van der Waals surface area contributed by atoms with Crippen molar-refractivity contribution in [2.75, 3.05) is 39.6 Å². The monoisotopic (exact) mass is 1530 g/mol. The van der Waals surface area contributed by atoms with Crippen LogP contribution in [0.25, 0.3) is 0 Å². The van der Waals surface area contributed by atoms with Crippen LogP contribution in [-0.2, 0) is 65.4 Å². The SMILES string of the molecule is CC/C=C\C/C=C\C/C=C\C/C=C\C/C=C\CCCC(=O)OC(COC(=O)CCCCCCCC/C=C\C/C=C\C/C=C\CCCCC)COP(=O)(O)OCC(O)COP(=O)(O)OCC(COC(=O)CCCCCCCC/C=C\C/C=C\C/C=C\CCCCC)OC(=O)CCCCCCCCCCCCC. The number of phosphoric ester groups is 2. The first-order valence-electron chi connectivity index (χ1n) is 41.4. The van der Waals surface area contributed by atoms with Gasteiger partial charge in [0, 0.05) is 25.7 Å². The van der Waals surface area contributed by atoms with Crippen LogP contribution >= 0.6 is 15.6 Å². The molecule has 0 aliphatic heterocycles. The molecule has 0 rings (SSSR count). The molecule has 0 saturated carbocycles. The Labute approximate surface area is 644 Å². The third-order valence-electron chi connectivity index (χ3n) is 17.1. The number of allylic oxidation sites excluding steroid dienone is 22. The average Bonchev–Trinajstić information content (AvgIpc) is 0.901. The van der Waals surface area contributed by atoms with Crippen molar-refractivity contribution in [2.24, 2.45) is 0 Å². The third-order valence-corrected chi connectivity index (χ3v) is 19.0. The number of carbonyl (C=O) groups is 4. The second-order valence-corrected chi connectivity index (χ2v) is 30.2. The van der Waals surface area contributed by atoms with Crippen LogP contribution in [0.15, 0.2) is 134 Å². The van der Waals surface area contributed by atoms with Crippen LogP contribution < -0.4 is 0 Å². The fourth-order valence-corrected chi connectivity index (χ4v) is 12.4. The Morgan fingerprint density at radius 3 is 0.811 bits per heavy atom. The first kappa shape index (κ1) is 101. The fourth-order valence-electron chi connectivity index (χ4n) is 10.8. The number of hydrogen-bond acceptors (Lipinski definition) is 15. The normalized spacial score (nSPS) is 14.5. The Balaban J connectivity index is 5.39. The number of aliphatic hydroxyl groups excluding tert-OH is 1. The molecule has 0 radical (unpaired) electrons. The summed E-state index contributed by atoms with van der Waals surface area (Å²) >= 11 is 0. The predicted octanol–water partition coefficient (Wildman–Crippen LogP) is 24.4. The lowest BCUT2D eigenvalue weighted by molar-refractivity contribution is -0.161. The van der Waals surface area contributed by atoms with E-state index >= 15 is 0 Å². The topological polar surface area (TPSA) is 237 Å². The van der Waals surface area contributed by atoms with E-state index in [1.807, 2.05) is 12.2 Å². The van der Waals surface area contributed by atoms with E-state index in [0.717, 1.165) is 173 Å². The third kappa shape index (κ3) is 77.4. The molecule has 106 heavy (non-hydrogen) atoms. The van der Waals surface area contributed by atoms with Gasteiger partial charge in [0.2, 0.25) is 0 Å². The minimum atomic E-state index is -5.00. The second kappa shape index (κ2) is 78.3. The molecular weight excluding hydrogens is 1380 g/mol. The number of ether oxygens (including phenoxy) is 4. The maximum Gasteiger partial charge on any atom is 0.472 e. The van der Waals surface area contributed by atoms with Crippen LogP contribution in [0.3, 0.4) is 0 Å². The average molecular weight is 1530 g/mol. The van der Waals surface area contributed by atoms with Gasteiger partial charge >= 0.3 is 39.5 Å². The molecule has 608 valence electrons. The first-order chi connectivity index (χ1) is 51.7. The molecule has 17 nitrogen and oxygen atoms in total. The van der Waals surface area contributed by atoms with Crippen molar-refractivity contribution < 1.29 is 80.2 Å². The van der Waals surface area contributed by atoms with Crippen molar-refractivity contribution in [3.05, 3.63) is 134 Å². The van der Waals surface area contributed by atoms with Crippen LogP contribution in [0.5, 0.6) is 0 Å². The Bertz CT molecular complexity index is 2530. The summed E-state index contributed by atoms with van der Waals surface area (Å²) in [7, 11) is -9.99. The molecule has 0 amide bonds. The molecule has 0 aliphatic rings. The Morgan fingerprint density at radius 1 is 0.274 bits per heavy atom. The van der Waals surface area contributed by atoms with Crippen molar-refractivity contribution >= 4 is 39.5 Å². The minimum Gasteiger partial charge on any atom is -0.462 e. The minimum absolute atomic E-state index is 0.0109. The second-order valence-electron chi connectivity index (χ2n) is 27.3. The number of hydrogen-bond donors (Lipinski definition) is 3. The van der Waals surface area contributed by atoms with E-state index in [9.17, 15) is 43.2 Å². The molecule has 19 heteroatoms. The fraction of sp³-hybridized carbons (Fsp3) is 0.701. The van der Waals surface area contributed by atoms with Gasteiger partial charge in [-0.05, 0) is 141 Å². The summed E-state index contributed by atoms with van der Waals surface area (Å²) in [6, 6.07) is 0. The van der Waals surface area contributed by atoms with Crippen molar-refractivity contribution in [2.45, 2.75) is 354 Å². The van der Waals surface area contributed by atoms with Gasteiger partial charge in [0.15, 0.2) is 12.2 Å². The van der Waals surface area contributed by atoms with E-state index in [-0.39, 0.29) is 25.7 Å². The molecule has 0 aliphatic carbocycles. The van der Waals surface area contributed by atoms with Gasteiger partial charge in [-0.3, -0.25) is 37.3 Å². The van der Waals surface area contributed by atoms with Gasteiger partial charge in [0.1, 0.15) is 19.3 Å². The zero-order chi connectivity index (χ0) is 77.4. The van der Waals surface area contributed by atoms with Gasteiger partial charge in [0.05, 0.1) is 26.4 Å². The van der Waals surface area contributed by atoms with E-state index < -0.39 is 97.5 Å². The van der Waals surface area contributed by atoms with E-state index in [2.05, 4.69) is 149 Å². The summed E-state index contributed by atoms with van der Waals surface area (Å²) in [6.45, 7) is 4.63. The number of phosphoric acid groups is 2.